The third-order valence-electron chi connectivity index (χ3n) is 6.49. The number of aliphatic carboxylic acids is 1. The van der Waals surface area contributed by atoms with Crippen molar-refractivity contribution in [3.8, 4) is 0 Å². The summed E-state index contributed by atoms with van der Waals surface area (Å²) in [5.74, 6) is -2.98. The third kappa shape index (κ3) is 8.68. The number of sulfonamides is 1. The van der Waals surface area contributed by atoms with Crippen molar-refractivity contribution in [3.05, 3.63) is 83.0 Å². The van der Waals surface area contributed by atoms with Gasteiger partial charge in [-0.25, -0.2) is 23.0 Å². The molecule has 0 saturated carbocycles. The minimum Gasteiger partial charge on any atom is -0.478 e. The molecule has 0 atom stereocenters. The van der Waals surface area contributed by atoms with Crippen LogP contribution in [0.3, 0.4) is 0 Å². The molecule has 2 aromatic carbocycles. The van der Waals surface area contributed by atoms with E-state index in [-0.39, 0.29) is 16.1 Å². The van der Waals surface area contributed by atoms with E-state index in [1.165, 1.54) is 17.8 Å². The highest BCUT2D eigenvalue weighted by atomic mass is 32.2. The lowest BCUT2D eigenvalue weighted by Gasteiger charge is -2.33. The van der Waals surface area contributed by atoms with Gasteiger partial charge in [-0.05, 0) is 62.3 Å². The van der Waals surface area contributed by atoms with E-state index in [2.05, 4.69) is 21.8 Å². The van der Waals surface area contributed by atoms with Crippen LogP contribution in [0.25, 0.3) is 0 Å². The molecule has 3 N–H and O–H groups in total. The number of nitrogens with zero attached hydrogens (tertiary/aromatic N) is 2. The normalized spacial score (nSPS) is 14.1. The van der Waals surface area contributed by atoms with Crippen LogP contribution < -0.4 is 9.62 Å². The summed E-state index contributed by atoms with van der Waals surface area (Å²) in [6, 6.07) is 16.8. The number of pyridine rings is 1. The van der Waals surface area contributed by atoms with Crippen LogP contribution >= 0.6 is 0 Å². The molecule has 2 heterocycles. The zero-order valence-corrected chi connectivity index (χ0v) is 23.2. The Morgan fingerprint density at radius 2 is 1.63 bits per heavy atom. The van der Waals surface area contributed by atoms with E-state index in [1.54, 1.807) is 25.1 Å². The van der Waals surface area contributed by atoms with Crippen molar-refractivity contribution in [3.63, 3.8) is 0 Å². The average molecular weight is 594 g/mol. The number of hydrogen-bond acceptors (Lipinski definition) is 6. The standard InChI is InChI=1S/C26H29N3O4S.C2HF3O2/c1-18-8-9-24(19(2)14-18)34(32,33)28-22-16-23(26(30)31)25(27-17-22)29-12-10-21(11-13-29)15-20-6-4-3-5-7-20;3-2(4,5)1(6)7/h3-9,14,16-17,21,28H,10-13,15H2,1-2H3,(H,30,31);(H,6,7). The summed E-state index contributed by atoms with van der Waals surface area (Å²) in [6.45, 7) is 5.03. The molecule has 0 aliphatic carbocycles. The zero-order valence-electron chi connectivity index (χ0n) is 22.4. The van der Waals surface area contributed by atoms with Crippen LogP contribution in [-0.2, 0) is 21.2 Å². The summed E-state index contributed by atoms with van der Waals surface area (Å²) in [5.41, 5.74) is 3.00. The van der Waals surface area contributed by atoms with Crippen molar-refractivity contribution >= 4 is 33.5 Å². The van der Waals surface area contributed by atoms with Gasteiger partial charge in [-0.15, -0.1) is 0 Å². The number of benzene rings is 2. The lowest BCUT2D eigenvalue weighted by atomic mass is 9.90. The molecule has 41 heavy (non-hydrogen) atoms. The molecule has 4 rings (SSSR count). The first-order valence-electron chi connectivity index (χ1n) is 12.6. The van der Waals surface area contributed by atoms with Crippen molar-refractivity contribution in [2.45, 2.75) is 44.2 Å². The van der Waals surface area contributed by atoms with Crippen LogP contribution in [0, 0.1) is 19.8 Å². The smallest absolute Gasteiger partial charge is 0.478 e. The van der Waals surface area contributed by atoms with Crippen molar-refractivity contribution < 1.29 is 41.4 Å². The number of anilines is 2. The van der Waals surface area contributed by atoms with Crippen LogP contribution in [0.15, 0.2) is 65.7 Å². The molecule has 0 unspecified atom stereocenters. The molecule has 1 fully saturated rings. The fraction of sp³-hybridized carbons (Fsp3) is 0.321. The number of carboxylic acids is 2. The van der Waals surface area contributed by atoms with Crippen LogP contribution in [0.5, 0.6) is 0 Å². The second-order valence-electron chi connectivity index (χ2n) is 9.70. The lowest BCUT2D eigenvalue weighted by molar-refractivity contribution is -0.192. The van der Waals surface area contributed by atoms with Gasteiger partial charge in [0.15, 0.2) is 0 Å². The second-order valence-corrected chi connectivity index (χ2v) is 11.3. The molecule has 3 aromatic rings. The number of alkyl halides is 3. The Morgan fingerprint density at radius 1 is 1.02 bits per heavy atom. The van der Waals surface area contributed by atoms with Crippen LogP contribution in [0.4, 0.5) is 24.7 Å². The summed E-state index contributed by atoms with van der Waals surface area (Å²) in [5, 5.41) is 16.9. The van der Waals surface area contributed by atoms with Gasteiger partial charge in [-0.1, -0.05) is 48.0 Å². The van der Waals surface area contributed by atoms with Gasteiger partial charge in [-0.2, -0.15) is 13.2 Å². The first-order valence-corrected chi connectivity index (χ1v) is 14.1. The van der Waals surface area contributed by atoms with Gasteiger partial charge in [0, 0.05) is 13.1 Å². The lowest BCUT2D eigenvalue weighted by Crippen LogP contribution is -2.36. The van der Waals surface area contributed by atoms with Crippen LogP contribution in [0.1, 0.15) is 39.9 Å². The molecule has 1 saturated heterocycles. The van der Waals surface area contributed by atoms with Crippen molar-refractivity contribution in [2.24, 2.45) is 5.92 Å². The van der Waals surface area contributed by atoms with Gasteiger partial charge in [-0.3, -0.25) is 4.72 Å². The predicted octanol–water partition coefficient (Wildman–Crippen LogP) is 5.29. The molecule has 1 aliphatic heterocycles. The van der Waals surface area contributed by atoms with E-state index in [4.69, 9.17) is 9.90 Å². The van der Waals surface area contributed by atoms with E-state index in [0.29, 0.717) is 30.4 Å². The fourth-order valence-corrected chi connectivity index (χ4v) is 5.79. The average Bonchev–Trinajstić information content (AvgIpc) is 2.89. The van der Waals surface area contributed by atoms with Gasteiger partial charge >= 0.3 is 18.1 Å². The number of rotatable bonds is 7. The van der Waals surface area contributed by atoms with E-state index in [9.17, 15) is 31.5 Å². The monoisotopic (exact) mass is 593 g/mol. The molecule has 1 aliphatic rings. The molecule has 0 bridgehead atoms. The van der Waals surface area contributed by atoms with Gasteiger partial charge in [0.25, 0.3) is 10.0 Å². The molecule has 0 radical (unpaired) electrons. The molecule has 9 nitrogen and oxygen atoms in total. The Labute approximate surface area is 235 Å². The van der Waals surface area contributed by atoms with E-state index >= 15 is 0 Å². The molecular weight excluding hydrogens is 563 g/mol. The molecule has 13 heteroatoms. The number of carbonyl (C=O) groups is 2. The van der Waals surface area contributed by atoms with Crippen LogP contribution in [-0.4, -0.2) is 54.8 Å². The number of nitrogens with one attached hydrogen (secondary N) is 1. The maximum Gasteiger partial charge on any atom is 0.490 e. The second kappa shape index (κ2) is 13.0. The molecular formula is C28H30F3N3O6S. The number of hydrogen-bond donors (Lipinski definition) is 3. The number of aromatic carboxylic acids is 1. The zero-order chi connectivity index (χ0) is 30.4. The molecule has 0 spiro atoms. The predicted molar refractivity (Wildman–Crippen MR) is 147 cm³/mol. The Hall–Kier alpha value is -4.13. The first kappa shape index (κ1) is 31.4. The van der Waals surface area contributed by atoms with E-state index in [1.807, 2.05) is 30.0 Å². The number of aryl methyl sites for hydroxylation is 2. The highest BCUT2D eigenvalue weighted by Crippen LogP contribution is 2.29. The Bertz CT molecular complexity index is 1490. The summed E-state index contributed by atoms with van der Waals surface area (Å²) in [4.78, 5) is 27.4. The minimum absolute atomic E-state index is 0.0117. The maximum absolute atomic E-state index is 12.9. The third-order valence-corrected chi connectivity index (χ3v) is 8.03. The summed E-state index contributed by atoms with van der Waals surface area (Å²) in [7, 11) is -3.87. The summed E-state index contributed by atoms with van der Waals surface area (Å²) < 4.78 is 60.0. The molecule has 1 aromatic heterocycles. The Balaban J connectivity index is 0.000000587. The first-order chi connectivity index (χ1) is 19.2. The molecule has 220 valence electrons. The highest BCUT2D eigenvalue weighted by molar-refractivity contribution is 7.92. The fourth-order valence-electron chi connectivity index (χ4n) is 4.53. The quantitative estimate of drug-likeness (QED) is 0.336. The van der Waals surface area contributed by atoms with E-state index in [0.717, 1.165) is 24.8 Å². The number of carboxylic acid groups (broad SMARTS) is 2. The maximum atomic E-state index is 12.9. The van der Waals surface area contributed by atoms with Gasteiger partial charge in [0.1, 0.15) is 11.4 Å². The topological polar surface area (TPSA) is 137 Å². The van der Waals surface area contributed by atoms with Gasteiger partial charge < -0.3 is 15.1 Å². The number of halogens is 3. The SMILES string of the molecule is Cc1ccc(S(=O)(=O)Nc2cnc(N3CCC(Cc4ccccc4)CC3)c(C(=O)O)c2)c(C)c1.O=C(O)C(F)(F)F. The van der Waals surface area contributed by atoms with Crippen LogP contribution in [0.2, 0.25) is 0 Å². The number of aromatic nitrogens is 1. The van der Waals surface area contributed by atoms with Crippen molar-refractivity contribution in [1.82, 2.24) is 4.98 Å². The van der Waals surface area contributed by atoms with Crippen molar-refractivity contribution in [1.29, 1.82) is 0 Å². The number of piperidine rings is 1. The van der Waals surface area contributed by atoms with E-state index < -0.39 is 28.1 Å². The molecule has 0 amide bonds. The largest absolute Gasteiger partial charge is 0.490 e. The Kier molecular flexibility index (Phi) is 9.97. The van der Waals surface area contributed by atoms with Gasteiger partial charge in [0.05, 0.1) is 16.8 Å². The minimum atomic E-state index is -5.08. The Morgan fingerprint density at radius 3 is 2.17 bits per heavy atom. The summed E-state index contributed by atoms with van der Waals surface area (Å²) >= 11 is 0. The highest BCUT2D eigenvalue weighted by Gasteiger charge is 2.38. The van der Waals surface area contributed by atoms with Crippen molar-refractivity contribution in [2.75, 3.05) is 22.7 Å². The van der Waals surface area contributed by atoms with Gasteiger partial charge in [0.2, 0.25) is 0 Å². The summed E-state index contributed by atoms with van der Waals surface area (Å²) in [6.07, 6.45) is -0.806.